The molecule has 1 saturated carbocycles. The molecule has 21 heavy (non-hydrogen) atoms. The van der Waals surface area contributed by atoms with Crippen molar-refractivity contribution in [1.29, 1.82) is 5.26 Å². The van der Waals surface area contributed by atoms with Gasteiger partial charge in [-0.15, -0.1) is 0 Å². The van der Waals surface area contributed by atoms with Crippen LogP contribution in [0.5, 0.6) is 0 Å². The highest BCUT2D eigenvalue weighted by Crippen LogP contribution is 2.31. The van der Waals surface area contributed by atoms with Crippen LogP contribution in [0.1, 0.15) is 25.6 Å². The zero-order valence-electron chi connectivity index (χ0n) is 11.8. The molecule has 1 fully saturated rings. The van der Waals surface area contributed by atoms with Gasteiger partial charge in [0.2, 0.25) is 11.9 Å². The van der Waals surface area contributed by atoms with Gasteiger partial charge in [0.1, 0.15) is 11.6 Å². The summed E-state index contributed by atoms with van der Waals surface area (Å²) in [5.74, 6) is 1.33. The molecule has 1 aliphatic heterocycles. The molecule has 0 aromatic carbocycles. The first kappa shape index (κ1) is 13.7. The molecule has 3 N–H and O–H groups in total. The average Bonchev–Trinajstić information content (AvgIpc) is 3.19. The third kappa shape index (κ3) is 3.08. The lowest BCUT2D eigenvalue weighted by atomic mass is 10.3. The van der Waals surface area contributed by atoms with E-state index in [1.54, 1.807) is 7.05 Å². The van der Waals surface area contributed by atoms with Crippen LogP contribution in [-0.4, -0.2) is 28.0 Å². The summed E-state index contributed by atoms with van der Waals surface area (Å²) in [6, 6.07) is 2.62. The molecule has 0 spiro atoms. The van der Waals surface area contributed by atoms with Crippen molar-refractivity contribution in [2.75, 3.05) is 17.7 Å². The number of hydrogen-bond donors (Lipinski definition) is 3. The van der Waals surface area contributed by atoms with Gasteiger partial charge in [-0.1, -0.05) is 11.8 Å². The van der Waals surface area contributed by atoms with Crippen molar-refractivity contribution in [3.63, 3.8) is 0 Å². The maximum atomic E-state index is 9.45. The Morgan fingerprint density at radius 1 is 1.38 bits per heavy atom. The van der Waals surface area contributed by atoms with Gasteiger partial charge in [-0.05, 0) is 25.2 Å². The molecule has 1 aliphatic carbocycles. The summed E-state index contributed by atoms with van der Waals surface area (Å²) in [6.07, 6.45) is 2.26. The zero-order chi connectivity index (χ0) is 14.8. The summed E-state index contributed by atoms with van der Waals surface area (Å²) >= 11 is 1.47. The standard InChI is InChI=1S/C13H15N7S/c1-7-6-21-11(16-7)9(5-14)10-18-12(15-2)20-13(19-10)17-8-3-4-8/h6,8,16H,3-4H2,1-2H3,(H2,15,17,18,19,20)/b11-9-. The van der Waals surface area contributed by atoms with Crippen molar-refractivity contribution in [1.82, 2.24) is 20.3 Å². The van der Waals surface area contributed by atoms with E-state index in [0.29, 0.717) is 29.3 Å². The highest BCUT2D eigenvalue weighted by molar-refractivity contribution is 8.06. The van der Waals surface area contributed by atoms with Gasteiger partial charge in [0, 0.05) is 18.8 Å². The minimum Gasteiger partial charge on any atom is -0.357 e. The molecule has 0 unspecified atom stereocenters. The number of nitriles is 1. The second-order valence-corrected chi connectivity index (χ2v) is 5.71. The molecule has 7 nitrogen and oxygen atoms in total. The number of anilines is 2. The third-order valence-electron chi connectivity index (χ3n) is 3.00. The molecule has 108 valence electrons. The minimum atomic E-state index is 0.373. The maximum absolute atomic E-state index is 9.45. The molecule has 2 aliphatic rings. The van der Waals surface area contributed by atoms with E-state index in [1.165, 1.54) is 11.8 Å². The highest BCUT2D eigenvalue weighted by atomic mass is 32.2. The molecule has 8 heteroatoms. The van der Waals surface area contributed by atoms with Gasteiger partial charge < -0.3 is 16.0 Å². The fraction of sp³-hybridized carbons (Fsp3) is 0.385. The molecule has 0 amide bonds. The summed E-state index contributed by atoms with van der Waals surface area (Å²) < 4.78 is 0. The first-order valence-electron chi connectivity index (χ1n) is 6.65. The lowest BCUT2D eigenvalue weighted by Crippen LogP contribution is -2.12. The first-order chi connectivity index (χ1) is 10.2. The summed E-state index contributed by atoms with van der Waals surface area (Å²) in [7, 11) is 1.74. The molecular weight excluding hydrogens is 286 g/mol. The van der Waals surface area contributed by atoms with Crippen LogP contribution in [0.4, 0.5) is 11.9 Å². The second kappa shape index (κ2) is 5.61. The highest BCUT2D eigenvalue weighted by Gasteiger charge is 2.24. The van der Waals surface area contributed by atoms with E-state index in [9.17, 15) is 5.26 Å². The third-order valence-corrected chi connectivity index (χ3v) is 4.01. The molecule has 0 saturated heterocycles. The summed E-state index contributed by atoms with van der Waals surface area (Å²) in [4.78, 5) is 12.9. The SMILES string of the molecule is CNc1nc(NC2CC2)nc(/C(C#N)=C2/NC(C)=CS2)n1. The van der Waals surface area contributed by atoms with E-state index in [0.717, 1.165) is 23.6 Å². The number of thioether (sulfide) groups is 1. The van der Waals surface area contributed by atoms with Gasteiger partial charge >= 0.3 is 0 Å². The molecule has 0 bridgehead atoms. The predicted octanol–water partition coefficient (Wildman–Crippen LogP) is 1.88. The Morgan fingerprint density at radius 3 is 2.71 bits per heavy atom. The number of nitrogens with one attached hydrogen (secondary N) is 3. The van der Waals surface area contributed by atoms with Crippen LogP contribution in [0.25, 0.3) is 5.57 Å². The minimum absolute atomic E-state index is 0.373. The molecule has 1 aromatic rings. The van der Waals surface area contributed by atoms with Crippen molar-refractivity contribution in [3.8, 4) is 6.07 Å². The topological polar surface area (TPSA) is 98.5 Å². The van der Waals surface area contributed by atoms with Gasteiger partial charge in [-0.2, -0.15) is 20.2 Å². The van der Waals surface area contributed by atoms with Gasteiger partial charge in [0.05, 0.1) is 5.03 Å². The lowest BCUT2D eigenvalue weighted by molar-refractivity contribution is 0.979. The molecule has 0 radical (unpaired) electrons. The molecule has 1 aromatic heterocycles. The average molecular weight is 301 g/mol. The van der Waals surface area contributed by atoms with Crippen LogP contribution in [0.3, 0.4) is 0 Å². The lowest BCUT2D eigenvalue weighted by Gasteiger charge is -2.09. The first-order valence-corrected chi connectivity index (χ1v) is 7.53. The second-order valence-electron chi connectivity index (χ2n) is 4.83. The van der Waals surface area contributed by atoms with E-state index in [-0.39, 0.29) is 0 Å². The number of aromatic nitrogens is 3. The molecule has 3 rings (SSSR count). The number of allylic oxidation sites excluding steroid dienone is 2. The van der Waals surface area contributed by atoms with E-state index in [4.69, 9.17) is 0 Å². The smallest absolute Gasteiger partial charge is 0.228 e. The Kier molecular flexibility index (Phi) is 3.66. The van der Waals surface area contributed by atoms with Crippen molar-refractivity contribution in [2.45, 2.75) is 25.8 Å². The predicted molar refractivity (Wildman–Crippen MR) is 83.0 cm³/mol. The van der Waals surface area contributed by atoms with E-state index < -0.39 is 0 Å². The number of hydrogen-bond acceptors (Lipinski definition) is 8. The van der Waals surface area contributed by atoms with Crippen LogP contribution >= 0.6 is 11.8 Å². The number of rotatable bonds is 4. The van der Waals surface area contributed by atoms with E-state index >= 15 is 0 Å². The van der Waals surface area contributed by atoms with Crippen LogP contribution in [0.2, 0.25) is 0 Å². The van der Waals surface area contributed by atoms with Gasteiger partial charge in [0.15, 0.2) is 5.82 Å². The number of nitrogens with zero attached hydrogens (tertiary/aromatic N) is 4. The van der Waals surface area contributed by atoms with E-state index in [1.807, 2.05) is 12.3 Å². The maximum Gasteiger partial charge on any atom is 0.228 e. The normalized spacial score (nSPS) is 19.4. The Bertz CT molecular complexity index is 670. The van der Waals surface area contributed by atoms with Crippen molar-refractivity contribution < 1.29 is 0 Å². The van der Waals surface area contributed by atoms with Crippen molar-refractivity contribution >= 4 is 29.2 Å². The summed E-state index contributed by atoms with van der Waals surface area (Å²) in [6.45, 7) is 1.95. The Morgan fingerprint density at radius 2 is 2.14 bits per heavy atom. The Hall–Kier alpha value is -2.27. The fourth-order valence-electron chi connectivity index (χ4n) is 1.78. The van der Waals surface area contributed by atoms with Crippen molar-refractivity contribution in [2.24, 2.45) is 0 Å². The molecule has 0 atom stereocenters. The van der Waals surface area contributed by atoms with Gasteiger partial charge in [-0.3, -0.25) is 0 Å². The Labute approximate surface area is 127 Å². The Balaban J connectivity index is 1.97. The molecular formula is C13H15N7S. The van der Waals surface area contributed by atoms with Gasteiger partial charge in [-0.25, -0.2) is 0 Å². The van der Waals surface area contributed by atoms with Crippen LogP contribution < -0.4 is 16.0 Å². The van der Waals surface area contributed by atoms with Crippen LogP contribution in [0.15, 0.2) is 16.1 Å². The quantitative estimate of drug-likeness (QED) is 0.725. The van der Waals surface area contributed by atoms with Gasteiger partial charge in [0.25, 0.3) is 0 Å². The largest absolute Gasteiger partial charge is 0.357 e. The molecule has 2 heterocycles. The summed E-state index contributed by atoms with van der Waals surface area (Å²) in [5, 5.41) is 21.4. The monoisotopic (exact) mass is 301 g/mol. The van der Waals surface area contributed by atoms with Crippen molar-refractivity contribution in [3.05, 3.63) is 22.0 Å². The zero-order valence-corrected chi connectivity index (χ0v) is 12.6. The summed E-state index contributed by atoms with van der Waals surface area (Å²) in [5.41, 5.74) is 1.42. The van der Waals surface area contributed by atoms with Crippen LogP contribution in [0, 0.1) is 11.3 Å². The van der Waals surface area contributed by atoms with Crippen LogP contribution in [-0.2, 0) is 0 Å². The van der Waals surface area contributed by atoms with E-state index in [2.05, 4.69) is 37.0 Å². The fourth-order valence-corrected chi connectivity index (χ4v) is 2.61.